The van der Waals surface area contributed by atoms with Gasteiger partial charge in [-0.2, -0.15) is 0 Å². The van der Waals surface area contributed by atoms with Gasteiger partial charge in [-0.05, 0) is 60.9 Å². The highest BCUT2D eigenvalue weighted by Gasteiger charge is 2.27. The van der Waals surface area contributed by atoms with E-state index in [1.807, 2.05) is 42.2 Å². The first-order valence-corrected chi connectivity index (χ1v) is 13.3. The normalized spacial score (nSPS) is 19.2. The molecular formula is C27H35N9O3. The van der Waals surface area contributed by atoms with Gasteiger partial charge in [0, 0.05) is 42.9 Å². The molecule has 2 aliphatic heterocycles. The maximum Gasteiger partial charge on any atom is 0.285 e. The number of nitrogens with one attached hydrogen (secondary N) is 1. The van der Waals surface area contributed by atoms with Crippen molar-refractivity contribution in [3.05, 3.63) is 52.6 Å². The largest absolute Gasteiger partial charge is 0.361 e. The zero-order valence-electron chi connectivity index (χ0n) is 22.2. The summed E-state index contributed by atoms with van der Waals surface area (Å²) in [7, 11) is 0. The molecule has 0 aromatic heterocycles. The summed E-state index contributed by atoms with van der Waals surface area (Å²) < 4.78 is 0. The van der Waals surface area contributed by atoms with Gasteiger partial charge in [-0.3, -0.25) is 14.4 Å². The molecule has 5 N–H and O–H groups in total. The van der Waals surface area contributed by atoms with E-state index < -0.39 is 12.1 Å². The van der Waals surface area contributed by atoms with Gasteiger partial charge in [0.1, 0.15) is 12.7 Å². The fourth-order valence-electron chi connectivity index (χ4n) is 5.16. The van der Waals surface area contributed by atoms with E-state index >= 15 is 0 Å². The number of hydrogen-bond acceptors (Lipinski definition) is 7. The number of amides is 3. The van der Waals surface area contributed by atoms with Crippen LogP contribution in [0.15, 0.2) is 62.2 Å². The molecule has 12 heteroatoms. The minimum atomic E-state index is -0.602. The van der Waals surface area contributed by atoms with Crippen LogP contribution in [0.2, 0.25) is 0 Å². The fraction of sp³-hybridized carbons (Fsp3) is 0.444. The summed E-state index contributed by atoms with van der Waals surface area (Å²) in [5.74, 6) is 9.60. The molecule has 3 amide bonds. The van der Waals surface area contributed by atoms with E-state index in [1.165, 1.54) is 4.90 Å². The van der Waals surface area contributed by atoms with Gasteiger partial charge < -0.3 is 26.8 Å². The molecule has 0 bridgehead atoms. The molecule has 2 heterocycles. The van der Waals surface area contributed by atoms with Crippen LogP contribution in [-0.2, 0) is 14.4 Å². The third-order valence-corrected chi connectivity index (χ3v) is 7.06. The monoisotopic (exact) mass is 533 g/mol. The molecule has 1 saturated heterocycles. The van der Waals surface area contributed by atoms with Gasteiger partial charge in [-0.25, -0.2) is 0 Å². The van der Waals surface area contributed by atoms with Crippen molar-refractivity contribution in [1.82, 2.24) is 9.80 Å². The molecule has 4 rings (SSSR count). The number of carbonyl (C=O) groups excluding carboxylic acids is 3. The number of anilines is 1. The number of allylic oxidation sites excluding steroid dienone is 3. The molecule has 1 unspecified atom stereocenters. The number of nitrogens with two attached hydrogens (primary N) is 2. The number of likely N-dealkylation sites (tertiary alicyclic amines) is 1. The summed E-state index contributed by atoms with van der Waals surface area (Å²) in [6, 6.07) is 5.96. The topological polar surface area (TPSA) is 171 Å². The molecule has 1 atom stereocenters. The number of benzene rings is 1. The van der Waals surface area contributed by atoms with Crippen LogP contribution in [0.3, 0.4) is 0 Å². The van der Waals surface area contributed by atoms with Crippen LogP contribution in [0.5, 0.6) is 0 Å². The van der Waals surface area contributed by atoms with Gasteiger partial charge >= 0.3 is 0 Å². The zero-order valence-corrected chi connectivity index (χ0v) is 22.2. The lowest BCUT2D eigenvalue weighted by molar-refractivity contribution is -0.132. The van der Waals surface area contributed by atoms with Gasteiger partial charge in [0.05, 0.1) is 0 Å². The molecule has 1 aliphatic carbocycles. The minimum Gasteiger partial charge on any atom is -0.361 e. The predicted octanol–water partition coefficient (Wildman–Crippen LogP) is 3.35. The van der Waals surface area contributed by atoms with Gasteiger partial charge in [0.15, 0.2) is 0 Å². The van der Waals surface area contributed by atoms with Crippen molar-refractivity contribution in [1.29, 1.82) is 0 Å². The summed E-state index contributed by atoms with van der Waals surface area (Å²) in [5.41, 5.74) is 5.04. The first kappa shape index (κ1) is 27.7. The Bertz CT molecular complexity index is 1260. The van der Waals surface area contributed by atoms with E-state index in [-0.39, 0.29) is 24.8 Å². The van der Waals surface area contributed by atoms with Gasteiger partial charge in [-0.15, -0.1) is 5.11 Å². The molecule has 3 aliphatic rings. The number of hydrogen-bond donors (Lipinski definition) is 3. The summed E-state index contributed by atoms with van der Waals surface area (Å²) in [6.07, 6.45) is 9.68. The summed E-state index contributed by atoms with van der Waals surface area (Å²) >= 11 is 0. The lowest BCUT2D eigenvalue weighted by atomic mass is 9.91. The number of rotatable bonds is 8. The Morgan fingerprint density at radius 2 is 1.87 bits per heavy atom. The average molecular weight is 534 g/mol. The minimum absolute atomic E-state index is 0.147. The quantitative estimate of drug-likeness (QED) is 0.263. The SMILES string of the molecule is CCCN(CC(=O)N=NN)C(=O)C1=Cc2ccc(C3=CC=C(C(=O)N4CCCC4)CC3)cc2NC(N=NN)C1. The van der Waals surface area contributed by atoms with Crippen molar-refractivity contribution in [2.24, 2.45) is 32.4 Å². The van der Waals surface area contributed by atoms with Crippen LogP contribution < -0.4 is 17.0 Å². The summed E-state index contributed by atoms with van der Waals surface area (Å²) in [5, 5.41) is 17.2. The highest BCUT2D eigenvalue weighted by atomic mass is 16.2. The molecule has 12 nitrogen and oxygen atoms in total. The second kappa shape index (κ2) is 12.9. The van der Waals surface area contributed by atoms with Crippen LogP contribution in [0.1, 0.15) is 56.6 Å². The summed E-state index contributed by atoms with van der Waals surface area (Å²) in [6.45, 7) is 3.74. The molecule has 206 valence electrons. The molecule has 1 fully saturated rings. The van der Waals surface area contributed by atoms with Crippen LogP contribution in [0, 0.1) is 0 Å². The lowest BCUT2D eigenvalue weighted by Crippen LogP contribution is -2.37. The maximum atomic E-state index is 13.5. The Balaban J connectivity index is 1.60. The van der Waals surface area contributed by atoms with E-state index in [1.54, 1.807) is 6.08 Å². The number of nitrogens with zero attached hydrogens (tertiary/aromatic N) is 6. The molecule has 1 aromatic carbocycles. The van der Waals surface area contributed by atoms with E-state index in [9.17, 15) is 14.4 Å². The van der Waals surface area contributed by atoms with Gasteiger partial charge in [-0.1, -0.05) is 46.8 Å². The zero-order chi connectivity index (χ0) is 27.8. The number of fused-ring (bicyclic) bond motifs is 1. The second-order valence-electron chi connectivity index (χ2n) is 9.79. The molecular weight excluding hydrogens is 498 g/mol. The van der Waals surface area contributed by atoms with Crippen molar-refractivity contribution in [3.8, 4) is 0 Å². The Kier molecular flexibility index (Phi) is 9.18. The van der Waals surface area contributed by atoms with Crippen LogP contribution in [0.25, 0.3) is 11.6 Å². The van der Waals surface area contributed by atoms with E-state index in [0.29, 0.717) is 25.0 Å². The Morgan fingerprint density at radius 1 is 1.08 bits per heavy atom. The van der Waals surface area contributed by atoms with E-state index in [2.05, 4.69) is 26.0 Å². The molecule has 39 heavy (non-hydrogen) atoms. The second-order valence-corrected chi connectivity index (χ2v) is 9.79. The van der Waals surface area contributed by atoms with Gasteiger partial charge in [0.2, 0.25) is 11.8 Å². The van der Waals surface area contributed by atoms with Crippen LogP contribution in [0.4, 0.5) is 5.69 Å². The molecule has 0 radical (unpaired) electrons. The van der Waals surface area contributed by atoms with Crippen LogP contribution >= 0.6 is 0 Å². The van der Waals surface area contributed by atoms with E-state index in [4.69, 9.17) is 11.7 Å². The lowest BCUT2D eigenvalue weighted by Gasteiger charge is -2.22. The van der Waals surface area contributed by atoms with E-state index in [0.717, 1.165) is 60.3 Å². The first-order chi connectivity index (χ1) is 18.9. The van der Waals surface area contributed by atoms with Crippen molar-refractivity contribution >= 4 is 35.1 Å². The first-order valence-electron chi connectivity index (χ1n) is 13.3. The average Bonchev–Trinajstić information content (AvgIpc) is 3.41. The Morgan fingerprint density at radius 3 is 2.54 bits per heavy atom. The Labute approximate surface area is 227 Å². The molecule has 1 aromatic rings. The third-order valence-electron chi connectivity index (χ3n) is 7.06. The summed E-state index contributed by atoms with van der Waals surface area (Å²) in [4.78, 5) is 41.6. The highest BCUT2D eigenvalue weighted by molar-refractivity contribution is 6.01. The van der Waals surface area contributed by atoms with Crippen molar-refractivity contribution < 1.29 is 14.4 Å². The fourth-order valence-corrected chi connectivity index (χ4v) is 5.16. The molecule has 0 spiro atoms. The maximum absolute atomic E-state index is 13.5. The Hall–Kier alpha value is -4.35. The van der Waals surface area contributed by atoms with Crippen molar-refractivity contribution in [2.75, 3.05) is 31.5 Å². The smallest absolute Gasteiger partial charge is 0.285 e. The highest BCUT2D eigenvalue weighted by Crippen LogP contribution is 2.34. The molecule has 0 saturated carbocycles. The number of carbonyl (C=O) groups is 3. The van der Waals surface area contributed by atoms with Gasteiger partial charge in [0.25, 0.3) is 5.91 Å². The predicted molar refractivity (Wildman–Crippen MR) is 148 cm³/mol. The van der Waals surface area contributed by atoms with Crippen LogP contribution in [-0.4, -0.2) is 59.9 Å². The third kappa shape index (κ3) is 6.75. The standard InChI is InChI=1S/C27H35N9O3/c1-2-11-36(17-25(37)32-34-29)27(39)22-14-21-10-9-20(15-23(21)30-24(16-22)31-33-28)18-5-7-19(8-6-18)26(38)35-12-3-4-13-35/h5,7,9-10,14-15,24,30H,2-4,6,8,11-13,16-17H2,1H3,(H2,28,31)(H2,29,32,37). The van der Waals surface area contributed by atoms with Crippen molar-refractivity contribution in [3.63, 3.8) is 0 Å². The van der Waals surface area contributed by atoms with Crippen molar-refractivity contribution in [2.45, 2.75) is 51.6 Å².